The quantitative estimate of drug-likeness (QED) is 0.715. The summed E-state index contributed by atoms with van der Waals surface area (Å²) < 4.78 is 10.6. The number of amides is 1. The number of rotatable bonds is 8. The van der Waals surface area contributed by atoms with Gasteiger partial charge in [0.25, 0.3) is 5.91 Å². The van der Waals surface area contributed by atoms with Crippen molar-refractivity contribution in [2.24, 2.45) is 0 Å². The second kappa shape index (κ2) is 10.0. The first kappa shape index (κ1) is 19.3. The number of hydrogen-bond donors (Lipinski definition) is 0. The van der Waals surface area contributed by atoms with Gasteiger partial charge in [-0.2, -0.15) is 0 Å². The fraction of sp³-hybridized carbons (Fsp3) is 0.429. The van der Waals surface area contributed by atoms with Gasteiger partial charge in [-0.05, 0) is 42.3 Å². The van der Waals surface area contributed by atoms with E-state index in [-0.39, 0.29) is 5.91 Å². The lowest BCUT2D eigenvalue weighted by atomic mass is 10.1. The van der Waals surface area contributed by atoms with Crippen LogP contribution in [0.25, 0.3) is 0 Å². The van der Waals surface area contributed by atoms with Gasteiger partial charge in [0.2, 0.25) is 0 Å². The molecule has 1 fully saturated rings. The molecule has 0 bridgehead atoms. The second-order valence-electron chi connectivity index (χ2n) is 6.62. The van der Waals surface area contributed by atoms with Crippen LogP contribution < -0.4 is 4.74 Å². The number of methoxy groups -OCH3 is 1. The number of benzene rings is 1. The van der Waals surface area contributed by atoms with E-state index >= 15 is 0 Å². The Balaban J connectivity index is 1.64. The molecule has 0 unspecified atom stereocenters. The van der Waals surface area contributed by atoms with Gasteiger partial charge in [0.05, 0.1) is 20.3 Å². The number of ether oxygens (including phenoxy) is 2. The highest BCUT2D eigenvalue weighted by Crippen LogP contribution is 2.15. The van der Waals surface area contributed by atoms with Crippen LogP contribution in [0.15, 0.2) is 48.8 Å². The average molecular weight is 369 g/mol. The van der Waals surface area contributed by atoms with Crippen LogP contribution in [-0.2, 0) is 11.3 Å². The molecule has 3 rings (SSSR count). The Labute approximate surface area is 160 Å². The van der Waals surface area contributed by atoms with Crippen molar-refractivity contribution >= 4 is 5.91 Å². The molecule has 1 amide bonds. The van der Waals surface area contributed by atoms with Crippen LogP contribution >= 0.6 is 0 Å². The largest absolute Gasteiger partial charge is 0.497 e. The Kier molecular flexibility index (Phi) is 7.19. The van der Waals surface area contributed by atoms with Crippen LogP contribution in [0.4, 0.5) is 0 Å². The van der Waals surface area contributed by atoms with Crippen molar-refractivity contribution in [3.8, 4) is 5.75 Å². The van der Waals surface area contributed by atoms with E-state index in [2.05, 4.69) is 9.88 Å². The predicted molar refractivity (Wildman–Crippen MR) is 104 cm³/mol. The van der Waals surface area contributed by atoms with Crippen LogP contribution in [0.1, 0.15) is 22.3 Å². The van der Waals surface area contributed by atoms with E-state index in [1.807, 2.05) is 47.5 Å². The highest BCUT2D eigenvalue weighted by Gasteiger charge is 2.17. The molecule has 1 saturated heterocycles. The van der Waals surface area contributed by atoms with Gasteiger partial charge in [0.15, 0.2) is 0 Å². The van der Waals surface area contributed by atoms with E-state index in [9.17, 15) is 4.79 Å². The molecule has 1 aromatic heterocycles. The first-order valence-corrected chi connectivity index (χ1v) is 9.38. The zero-order chi connectivity index (χ0) is 18.9. The zero-order valence-electron chi connectivity index (χ0n) is 15.8. The molecular weight excluding hydrogens is 342 g/mol. The number of morpholine rings is 1. The molecule has 0 aliphatic carbocycles. The van der Waals surface area contributed by atoms with Crippen molar-refractivity contribution in [3.05, 3.63) is 59.9 Å². The van der Waals surface area contributed by atoms with Crippen molar-refractivity contribution in [1.82, 2.24) is 14.8 Å². The van der Waals surface area contributed by atoms with E-state index < -0.39 is 0 Å². The van der Waals surface area contributed by atoms with E-state index in [1.54, 1.807) is 13.3 Å². The lowest BCUT2D eigenvalue weighted by molar-refractivity contribution is 0.0355. The van der Waals surface area contributed by atoms with Crippen molar-refractivity contribution in [3.63, 3.8) is 0 Å². The Morgan fingerprint density at radius 2 is 2.00 bits per heavy atom. The fourth-order valence-corrected chi connectivity index (χ4v) is 3.19. The monoisotopic (exact) mass is 369 g/mol. The maximum absolute atomic E-state index is 13.1. The van der Waals surface area contributed by atoms with Crippen LogP contribution in [0.3, 0.4) is 0 Å². The number of carbonyl (C=O) groups excluding carboxylic acids is 1. The zero-order valence-corrected chi connectivity index (χ0v) is 15.8. The Bertz CT molecular complexity index is 700. The summed E-state index contributed by atoms with van der Waals surface area (Å²) in [6.07, 6.45) is 4.50. The number of aromatic nitrogens is 1. The highest BCUT2D eigenvalue weighted by molar-refractivity contribution is 5.94. The molecular formula is C21H27N3O3. The molecule has 0 atom stereocenters. The van der Waals surface area contributed by atoms with Gasteiger partial charge in [0, 0.05) is 50.7 Å². The molecule has 1 aliphatic heterocycles. The first-order valence-electron chi connectivity index (χ1n) is 9.38. The SMILES string of the molecule is COc1ccc(C(=O)N(CCCN2CCOCC2)Cc2cccnc2)cc1. The second-order valence-corrected chi connectivity index (χ2v) is 6.62. The third-order valence-electron chi connectivity index (χ3n) is 4.73. The number of nitrogens with zero attached hydrogens (tertiary/aromatic N) is 3. The summed E-state index contributed by atoms with van der Waals surface area (Å²) in [6, 6.07) is 11.2. The Morgan fingerprint density at radius 3 is 2.67 bits per heavy atom. The summed E-state index contributed by atoms with van der Waals surface area (Å²) in [5, 5.41) is 0. The van der Waals surface area contributed by atoms with Crippen molar-refractivity contribution in [1.29, 1.82) is 0 Å². The smallest absolute Gasteiger partial charge is 0.254 e. The van der Waals surface area contributed by atoms with Gasteiger partial charge in [-0.15, -0.1) is 0 Å². The molecule has 0 radical (unpaired) electrons. The molecule has 1 aromatic carbocycles. The molecule has 0 N–H and O–H groups in total. The van der Waals surface area contributed by atoms with E-state index in [0.717, 1.165) is 50.6 Å². The number of carbonyl (C=O) groups is 1. The lowest BCUT2D eigenvalue weighted by Crippen LogP contribution is -2.39. The van der Waals surface area contributed by atoms with Gasteiger partial charge in [0.1, 0.15) is 5.75 Å². The molecule has 1 aliphatic rings. The molecule has 144 valence electrons. The van der Waals surface area contributed by atoms with Crippen LogP contribution in [-0.4, -0.2) is 67.2 Å². The summed E-state index contributed by atoms with van der Waals surface area (Å²) >= 11 is 0. The summed E-state index contributed by atoms with van der Waals surface area (Å²) in [5.41, 5.74) is 1.71. The average Bonchev–Trinajstić information content (AvgIpc) is 2.74. The third-order valence-corrected chi connectivity index (χ3v) is 4.73. The van der Waals surface area contributed by atoms with Gasteiger partial charge < -0.3 is 14.4 Å². The van der Waals surface area contributed by atoms with Gasteiger partial charge in [-0.25, -0.2) is 0 Å². The molecule has 2 heterocycles. The molecule has 6 nitrogen and oxygen atoms in total. The number of pyridine rings is 1. The Morgan fingerprint density at radius 1 is 1.22 bits per heavy atom. The molecule has 27 heavy (non-hydrogen) atoms. The predicted octanol–water partition coefficient (Wildman–Crippen LogP) is 2.45. The highest BCUT2D eigenvalue weighted by atomic mass is 16.5. The van der Waals surface area contributed by atoms with Gasteiger partial charge >= 0.3 is 0 Å². The standard InChI is InChI=1S/C21H27N3O3/c1-26-20-7-5-19(6-8-20)21(25)24(17-18-4-2-9-22-16-18)11-3-10-23-12-14-27-15-13-23/h2,4-9,16H,3,10-15,17H2,1H3. The minimum Gasteiger partial charge on any atom is -0.497 e. The normalized spacial score (nSPS) is 14.7. The van der Waals surface area contributed by atoms with Gasteiger partial charge in [-0.1, -0.05) is 6.07 Å². The summed E-state index contributed by atoms with van der Waals surface area (Å²) in [4.78, 5) is 21.5. The number of hydrogen-bond acceptors (Lipinski definition) is 5. The Hall–Kier alpha value is -2.44. The van der Waals surface area contributed by atoms with E-state index in [4.69, 9.17) is 9.47 Å². The fourth-order valence-electron chi connectivity index (χ4n) is 3.19. The third kappa shape index (κ3) is 5.77. The van der Waals surface area contributed by atoms with Crippen molar-refractivity contribution in [2.45, 2.75) is 13.0 Å². The van der Waals surface area contributed by atoms with E-state index in [1.165, 1.54) is 0 Å². The topological polar surface area (TPSA) is 54.9 Å². The molecule has 0 saturated carbocycles. The summed E-state index contributed by atoms with van der Waals surface area (Å²) in [6.45, 7) is 5.76. The van der Waals surface area contributed by atoms with E-state index in [0.29, 0.717) is 18.7 Å². The van der Waals surface area contributed by atoms with Gasteiger partial charge in [-0.3, -0.25) is 14.7 Å². The summed E-state index contributed by atoms with van der Waals surface area (Å²) in [7, 11) is 1.62. The minimum atomic E-state index is 0.0310. The maximum atomic E-state index is 13.1. The van der Waals surface area contributed by atoms with Crippen LogP contribution in [0.2, 0.25) is 0 Å². The maximum Gasteiger partial charge on any atom is 0.254 e. The van der Waals surface area contributed by atoms with Crippen LogP contribution in [0.5, 0.6) is 5.75 Å². The molecule has 2 aromatic rings. The summed E-state index contributed by atoms with van der Waals surface area (Å²) in [5.74, 6) is 0.779. The van der Waals surface area contributed by atoms with Crippen molar-refractivity contribution < 1.29 is 14.3 Å². The first-order chi connectivity index (χ1) is 13.3. The van der Waals surface area contributed by atoms with Crippen molar-refractivity contribution in [2.75, 3.05) is 46.5 Å². The van der Waals surface area contributed by atoms with Crippen LogP contribution in [0, 0.1) is 0 Å². The lowest BCUT2D eigenvalue weighted by Gasteiger charge is -2.28. The molecule has 6 heteroatoms. The minimum absolute atomic E-state index is 0.0310. The molecule has 0 spiro atoms.